The first kappa shape index (κ1) is 61.1. The van der Waals surface area contributed by atoms with Gasteiger partial charge in [-0.1, -0.05) is 215 Å². The molecule has 0 heterocycles. The molecule has 0 amide bonds. The molecule has 5 nitrogen and oxygen atoms in total. The van der Waals surface area contributed by atoms with Gasteiger partial charge in [0.05, 0.1) is 6.61 Å². The van der Waals surface area contributed by atoms with E-state index in [2.05, 4.69) is 106 Å². The highest BCUT2D eigenvalue weighted by molar-refractivity contribution is 5.70. The van der Waals surface area contributed by atoms with E-state index in [1.807, 2.05) is 0 Å². The van der Waals surface area contributed by atoms with Gasteiger partial charge >= 0.3 is 11.9 Å². The molecule has 0 aromatic rings. The topological polar surface area (TPSA) is 61.8 Å². The molecular weight excluding hydrogens is 789 g/mol. The number of rotatable bonds is 49. The Labute approximate surface area is 397 Å². The van der Waals surface area contributed by atoms with Crippen LogP contribution in [0.25, 0.3) is 0 Å². The van der Waals surface area contributed by atoms with E-state index in [4.69, 9.17) is 14.2 Å². The Morgan fingerprint density at radius 2 is 0.719 bits per heavy atom. The molecule has 1 unspecified atom stereocenters. The van der Waals surface area contributed by atoms with Crippen LogP contribution in [0.1, 0.15) is 252 Å². The maximum atomic E-state index is 12.8. The molecule has 0 aliphatic heterocycles. The molecule has 0 saturated heterocycles. The van der Waals surface area contributed by atoms with Gasteiger partial charge in [0, 0.05) is 19.4 Å². The lowest BCUT2D eigenvalue weighted by Gasteiger charge is -2.18. The monoisotopic (exact) mass is 891 g/mol. The minimum atomic E-state index is -0.555. The number of carbonyl (C=O) groups is 2. The molecule has 0 bridgehead atoms. The van der Waals surface area contributed by atoms with Crippen LogP contribution in [0.2, 0.25) is 0 Å². The molecule has 0 aliphatic rings. The minimum Gasteiger partial charge on any atom is -0.462 e. The Morgan fingerprint density at radius 3 is 1.19 bits per heavy atom. The fourth-order valence-corrected chi connectivity index (χ4v) is 7.34. The number of esters is 2. The van der Waals surface area contributed by atoms with E-state index in [0.29, 0.717) is 19.4 Å². The molecule has 0 rings (SSSR count). The summed E-state index contributed by atoms with van der Waals surface area (Å²) in [5, 5.41) is 0. The summed E-state index contributed by atoms with van der Waals surface area (Å²) < 4.78 is 17.4. The first-order valence-corrected chi connectivity index (χ1v) is 27.1. The van der Waals surface area contributed by atoms with Crippen LogP contribution in [0.5, 0.6) is 0 Å². The Balaban J connectivity index is 4.27. The molecule has 0 aliphatic carbocycles. The molecule has 0 spiro atoms. The van der Waals surface area contributed by atoms with Crippen molar-refractivity contribution in [3.05, 3.63) is 85.1 Å². The van der Waals surface area contributed by atoms with Crippen molar-refractivity contribution in [1.29, 1.82) is 0 Å². The van der Waals surface area contributed by atoms with Gasteiger partial charge in [-0.2, -0.15) is 0 Å². The van der Waals surface area contributed by atoms with Crippen LogP contribution < -0.4 is 0 Å². The van der Waals surface area contributed by atoms with Crippen molar-refractivity contribution >= 4 is 11.9 Å². The van der Waals surface area contributed by atoms with E-state index in [1.54, 1.807) is 0 Å². The zero-order valence-corrected chi connectivity index (χ0v) is 42.3. The first-order valence-electron chi connectivity index (χ1n) is 27.1. The van der Waals surface area contributed by atoms with Gasteiger partial charge in [-0.15, -0.1) is 0 Å². The van der Waals surface area contributed by atoms with E-state index >= 15 is 0 Å². The summed E-state index contributed by atoms with van der Waals surface area (Å²) in [6.07, 6.45) is 71.7. The Hall–Kier alpha value is -2.92. The highest BCUT2D eigenvalue weighted by Gasteiger charge is 2.17. The molecule has 0 aromatic heterocycles. The molecule has 1 atom stereocenters. The average Bonchev–Trinajstić information content (AvgIpc) is 3.30. The van der Waals surface area contributed by atoms with Crippen LogP contribution in [0.4, 0.5) is 0 Å². The lowest BCUT2D eigenvalue weighted by molar-refractivity contribution is -0.163. The van der Waals surface area contributed by atoms with Gasteiger partial charge < -0.3 is 14.2 Å². The maximum absolute atomic E-state index is 12.8. The van der Waals surface area contributed by atoms with E-state index in [-0.39, 0.29) is 25.2 Å². The van der Waals surface area contributed by atoms with Crippen molar-refractivity contribution in [2.45, 2.75) is 258 Å². The van der Waals surface area contributed by atoms with Gasteiger partial charge in [0.15, 0.2) is 6.10 Å². The van der Waals surface area contributed by atoms with Crippen molar-refractivity contribution in [3.8, 4) is 0 Å². The van der Waals surface area contributed by atoms with Crippen molar-refractivity contribution in [2.24, 2.45) is 0 Å². The second kappa shape index (κ2) is 54.4. The Kier molecular flexibility index (Phi) is 51.9. The van der Waals surface area contributed by atoms with Crippen LogP contribution in [0, 0.1) is 0 Å². The largest absolute Gasteiger partial charge is 0.462 e. The number of unbranched alkanes of at least 4 members (excludes halogenated alkanes) is 24. The molecule has 0 fully saturated rings. The van der Waals surface area contributed by atoms with Gasteiger partial charge in [0.1, 0.15) is 6.61 Å². The standard InChI is InChI=1S/C59H102O5/c1-4-7-10-13-16-19-22-24-26-28-30-31-33-35-38-40-43-46-49-52-58(60)63-56-57(64-59(61)53-50-47-44-41-37-21-18-15-12-9-6-3)55-62-54-51-48-45-42-39-36-34-32-29-27-25-23-20-17-14-11-8-5-2/h8,11,15-20,24-27,32,34,57H,4-7,9-10,12-14,21-23,28-31,33,35-56H2,1-3H3/b11-8-,18-15-,19-16-,20-17-,26-24-,27-25-,34-32-. The lowest BCUT2D eigenvalue weighted by atomic mass is 10.1. The van der Waals surface area contributed by atoms with Crippen molar-refractivity contribution in [2.75, 3.05) is 19.8 Å². The molecule has 0 saturated carbocycles. The normalized spacial score (nSPS) is 12.9. The smallest absolute Gasteiger partial charge is 0.306 e. The fraction of sp³-hybridized carbons (Fsp3) is 0.729. The number of hydrogen-bond acceptors (Lipinski definition) is 5. The van der Waals surface area contributed by atoms with Crippen LogP contribution >= 0.6 is 0 Å². The van der Waals surface area contributed by atoms with Crippen molar-refractivity contribution in [1.82, 2.24) is 0 Å². The number of hydrogen-bond donors (Lipinski definition) is 0. The molecule has 0 aromatic carbocycles. The summed E-state index contributed by atoms with van der Waals surface area (Å²) in [5.41, 5.74) is 0. The summed E-state index contributed by atoms with van der Waals surface area (Å²) in [6, 6.07) is 0. The van der Waals surface area contributed by atoms with Crippen LogP contribution in [0.3, 0.4) is 0 Å². The summed E-state index contributed by atoms with van der Waals surface area (Å²) in [7, 11) is 0. The zero-order valence-electron chi connectivity index (χ0n) is 42.3. The first-order chi connectivity index (χ1) is 31.6. The Bertz CT molecular complexity index is 1190. The van der Waals surface area contributed by atoms with Gasteiger partial charge in [-0.3, -0.25) is 9.59 Å². The SMILES string of the molecule is CC/C=C\C/C=C\C/C=C\C/C=C\CCCCCCCOCC(COC(=O)CCCCCCCCCCC/C=C\C/C=C\CCCCC)OC(=O)CCCCCCC/C=C\CCCC. The highest BCUT2D eigenvalue weighted by Crippen LogP contribution is 2.14. The van der Waals surface area contributed by atoms with E-state index in [9.17, 15) is 9.59 Å². The van der Waals surface area contributed by atoms with Crippen molar-refractivity contribution < 1.29 is 23.8 Å². The summed E-state index contributed by atoms with van der Waals surface area (Å²) >= 11 is 0. The second-order valence-corrected chi connectivity index (χ2v) is 17.7. The molecular formula is C59H102O5. The lowest BCUT2D eigenvalue weighted by Crippen LogP contribution is -2.30. The third-order valence-corrected chi connectivity index (χ3v) is 11.4. The molecule has 0 N–H and O–H groups in total. The third kappa shape index (κ3) is 51.7. The maximum Gasteiger partial charge on any atom is 0.306 e. The Morgan fingerprint density at radius 1 is 0.359 bits per heavy atom. The highest BCUT2D eigenvalue weighted by atomic mass is 16.6. The van der Waals surface area contributed by atoms with Gasteiger partial charge in [-0.05, 0) is 109 Å². The fourth-order valence-electron chi connectivity index (χ4n) is 7.34. The summed E-state index contributed by atoms with van der Waals surface area (Å²) in [6.45, 7) is 7.61. The average molecular weight is 891 g/mol. The van der Waals surface area contributed by atoms with E-state index < -0.39 is 6.10 Å². The predicted octanol–water partition coefficient (Wildman–Crippen LogP) is 18.5. The van der Waals surface area contributed by atoms with E-state index in [1.165, 1.54) is 122 Å². The summed E-state index contributed by atoms with van der Waals surface area (Å²) in [5.74, 6) is -0.423. The predicted molar refractivity (Wildman–Crippen MR) is 279 cm³/mol. The van der Waals surface area contributed by atoms with Gasteiger partial charge in [-0.25, -0.2) is 0 Å². The van der Waals surface area contributed by atoms with Crippen LogP contribution in [-0.4, -0.2) is 37.9 Å². The number of allylic oxidation sites excluding steroid dienone is 14. The minimum absolute atomic E-state index is 0.0691. The van der Waals surface area contributed by atoms with Gasteiger partial charge in [0.2, 0.25) is 0 Å². The third-order valence-electron chi connectivity index (χ3n) is 11.4. The van der Waals surface area contributed by atoms with Crippen LogP contribution in [0.15, 0.2) is 85.1 Å². The zero-order chi connectivity index (χ0) is 46.3. The second-order valence-electron chi connectivity index (χ2n) is 17.7. The van der Waals surface area contributed by atoms with E-state index in [0.717, 1.165) is 96.3 Å². The number of carbonyl (C=O) groups excluding carboxylic acids is 2. The van der Waals surface area contributed by atoms with Crippen LogP contribution in [-0.2, 0) is 23.8 Å². The number of ether oxygens (including phenoxy) is 3. The molecule has 368 valence electrons. The quantitative estimate of drug-likeness (QED) is 0.0346. The van der Waals surface area contributed by atoms with Gasteiger partial charge in [0.25, 0.3) is 0 Å². The summed E-state index contributed by atoms with van der Waals surface area (Å²) in [4.78, 5) is 25.4. The molecule has 5 heteroatoms. The molecule has 64 heavy (non-hydrogen) atoms. The van der Waals surface area contributed by atoms with Crippen molar-refractivity contribution in [3.63, 3.8) is 0 Å². The molecule has 0 radical (unpaired) electrons.